The Bertz CT molecular complexity index is 994. The van der Waals surface area contributed by atoms with Crippen LogP contribution in [0.3, 0.4) is 0 Å². The van der Waals surface area contributed by atoms with Gasteiger partial charge in [-0.25, -0.2) is 0 Å². The van der Waals surface area contributed by atoms with Gasteiger partial charge < -0.3 is 99.8 Å². The summed E-state index contributed by atoms with van der Waals surface area (Å²) >= 11 is 0. The Morgan fingerprint density at radius 2 is 1.06 bits per heavy atom. The second kappa shape index (κ2) is 16.6. The molecule has 21 nitrogen and oxygen atoms in total. The normalized spacial score (nSPS) is 49.4. The minimum Gasteiger partial charge on any atom is -0.394 e. The molecule has 21 heteroatoms. The van der Waals surface area contributed by atoms with Crippen LogP contribution in [-0.2, 0) is 38.0 Å². The van der Waals surface area contributed by atoms with E-state index in [1.165, 1.54) is 0 Å². The van der Waals surface area contributed by atoms with Crippen molar-refractivity contribution in [3.63, 3.8) is 0 Å². The first-order chi connectivity index (χ1) is 22.3. The summed E-state index contributed by atoms with van der Waals surface area (Å²) in [5.74, 6) is -0.734. The minimum absolute atomic E-state index is 0.330. The lowest BCUT2D eigenvalue weighted by Gasteiger charge is -2.49. The molecule has 19 atom stereocenters. The van der Waals surface area contributed by atoms with Crippen LogP contribution in [-0.4, -0.2) is 217 Å². The van der Waals surface area contributed by atoms with E-state index in [4.69, 9.17) is 33.2 Å². The largest absolute Gasteiger partial charge is 0.394 e. The summed E-state index contributed by atoms with van der Waals surface area (Å²) in [6.45, 7) is -2.44. The van der Waals surface area contributed by atoms with Gasteiger partial charge in [-0.05, 0) is 0 Å². The molecule has 0 spiro atoms. The maximum Gasteiger partial charge on any atom is 0.217 e. The molecule has 0 bridgehead atoms. The molecule has 4 aliphatic rings. The van der Waals surface area contributed by atoms with Crippen molar-refractivity contribution in [3.05, 3.63) is 0 Å². The fourth-order valence-electron chi connectivity index (χ4n) is 5.89. The van der Waals surface area contributed by atoms with Gasteiger partial charge in [0.25, 0.3) is 0 Å². The van der Waals surface area contributed by atoms with Gasteiger partial charge in [-0.2, -0.15) is 0 Å². The van der Waals surface area contributed by atoms with E-state index < -0.39 is 149 Å². The fraction of sp³-hybridized carbons (Fsp3) is 0.962. The molecule has 0 aliphatic carbocycles. The number of hydrogen-bond acceptors (Lipinski definition) is 20. The van der Waals surface area contributed by atoms with Crippen LogP contribution < -0.4 is 5.32 Å². The Balaban J connectivity index is 1.56. The molecule has 47 heavy (non-hydrogen) atoms. The van der Waals surface area contributed by atoms with Crippen molar-refractivity contribution in [2.45, 2.75) is 123 Å². The van der Waals surface area contributed by atoms with Crippen LogP contribution in [0.1, 0.15) is 6.92 Å². The number of carbonyl (C=O) groups excluding carboxylic acids is 1. The van der Waals surface area contributed by atoms with E-state index in [0.717, 1.165) is 6.92 Å². The van der Waals surface area contributed by atoms with Gasteiger partial charge in [0.05, 0.1) is 33.0 Å². The molecule has 0 aromatic heterocycles. The predicted molar refractivity (Wildman–Crippen MR) is 144 cm³/mol. The third kappa shape index (κ3) is 8.20. The summed E-state index contributed by atoms with van der Waals surface area (Å²) in [4.78, 5) is 12.1. The van der Waals surface area contributed by atoms with Crippen molar-refractivity contribution < 1.29 is 99.2 Å². The molecule has 0 aromatic rings. The third-order valence-electron chi connectivity index (χ3n) is 8.53. The molecule has 274 valence electrons. The molecule has 4 saturated heterocycles. The molecule has 1 amide bonds. The highest BCUT2D eigenvalue weighted by Gasteiger charge is 2.55. The standard InChI is InChI=1S/C26H45NO20/c1-7(32)27-13-17(37)22(46-25-19(39)18(38)15(35)9(2-28)42-25)12(5-31)44-24(13)47-23-16(36)10(3-29)43-26(20(23)40)45-21-11(4-30)41-6-8(33)14(21)34/h8-26,28-31,33-40H,2-6H2,1H3,(H,27,32)/t8?,9?,10?,11?,12?,13?,14?,15-,16-,17?,18?,19?,20?,21+,22+,23-,24-,25-,26-/m0/s1. The molecule has 4 fully saturated rings. The third-order valence-corrected chi connectivity index (χ3v) is 8.53. The van der Waals surface area contributed by atoms with Crippen molar-refractivity contribution in [1.29, 1.82) is 0 Å². The van der Waals surface area contributed by atoms with Crippen LogP contribution in [0.25, 0.3) is 0 Å². The first-order valence-corrected chi connectivity index (χ1v) is 15.0. The van der Waals surface area contributed by atoms with Crippen molar-refractivity contribution in [3.8, 4) is 0 Å². The molecule has 11 unspecified atom stereocenters. The lowest BCUT2D eigenvalue weighted by molar-refractivity contribution is -0.375. The zero-order valence-corrected chi connectivity index (χ0v) is 25.1. The van der Waals surface area contributed by atoms with Gasteiger partial charge in [0, 0.05) is 6.92 Å². The zero-order valence-electron chi connectivity index (χ0n) is 25.1. The lowest BCUT2D eigenvalue weighted by atomic mass is 9.94. The zero-order chi connectivity index (χ0) is 34.7. The first-order valence-electron chi connectivity index (χ1n) is 15.0. The summed E-state index contributed by atoms with van der Waals surface area (Å²) in [7, 11) is 0. The number of rotatable bonds is 11. The van der Waals surface area contributed by atoms with Gasteiger partial charge >= 0.3 is 0 Å². The highest BCUT2D eigenvalue weighted by Crippen LogP contribution is 2.34. The Morgan fingerprint density at radius 3 is 1.62 bits per heavy atom. The smallest absolute Gasteiger partial charge is 0.217 e. The van der Waals surface area contributed by atoms with Gasteiger partial charge in [0.1, 0.15) is 97.6 Å². The van der Waals surface area contributed by atoms with Crippen LogP contribution in [0.15, 0.2) is 0 Å². The van der Waals surface area contributed by atoms with Gasteiger partial charge in [-0.15, -0.1) is 0 Å². The van der Waals surface area contributed by atoms with Gasteiger partial charge in [-0.3, -0.25) is 4.79 Å². The Morgan fingerprint density at radius 1 is 0.574 bits per heavy atom. The minimum atomic E-state index is -1.95. The van der Waals surface area contributed by atoms with Crippen molar-refractivity contribution in [1.82, 2.24) is 5.32 Å². The maximum absolute atomic E-state index is 12.1. The molecular formula is C26H45NO20. The monoisotopic (exact) mass is 691 g/mol. The van der Waals surface area contributed by atoms with E-state index in [1.807, 2.05) is 0 Å². The van der Waals surface area contributed by atoms with Crippen LogP contribution >= 0.6 is 0 Å². The fourth-order valence-corrected chi connectivity index (χ4v) is 5.89. The van der Waals surface area contributed by atoms with Crippen LogP contribution in [0.4, 0.5) is 0 Å². The molecule has 4 rings (SSSR count). The maximum atomic E-state index is 12.1. The first kappa shape index (κ1) is 38.5. The van der Waals surface area contributed by atoms with Crippen LogP contribution in [0.5, 0.6) is 0 Å². The van der Waals surface area contributed by atoms with E-state index in [-0.39, 0.29) is 6.61 Å². The van der Waals surface area contributed by atoms with Crippen molar-refractivity contribution in [2.24, 2.45) is 0 Å². The van der Waals surface area contributed by atoms with E-state index >= 15 is 0 Å². The summed E-state index contributed by atoms with van der Waals surface area (Å²) < 4.78 is 38.9. The Kier molecular flexibility index (Phi) is 13.6. The summed E-state index contributed by atoms with van der Waals surface area (Å²) in [5.41, 5.74) is 0. The second-order valence-corrected chi connectivity index (χ2v) is 11.8. The summed E-state index contributed by atoms with van der Waals surface area (Å²) in [5, 5.41) is 126. The van der Waals surface area contributed by atoms with Crippen LogP contribution in [0, 0.1) is 0 Å². The predicted octanol–water partition coefficient (Wildman–Crippen LogP) is -8.92. The van der Waals surface area contributed by atoms with Crippen molar-refractivity contribution >= 4 is 5.91 Å². The van der Waals surface area contributed by atoms with E-state index in [2.05, 4.69) is 5.32 Å². The topological polar surface area (TPSA) is 336 Å². The van der Waals surface area contributed by atoms with E-state index in [9.17, 15) is 66.1 Å². The quantitative estimate of drug-likeness (QED) is 0.0956. The number of aliphatic hydroxyl groups is 12. The Labute approximate surface area is 267 Å². The summed E-state index contributed by atoms with van der Waals surface area (Å²) in [6.07, 6.45) is -29.9. The molecule has 4 aliphatic heterocycles. The average Bonchev–Trinajstić information content (AvgIpc) is 3.05. The number of nitrogens with one attached hydrogen (secondary N) is 1. The van der Waals surface area contributed by atoms with E-state index in [0.29, 0.717) is 0 Å². The van der Waals surface area contributed by atoms with Gasteiger partial charge in [0.15, 0.2) is 18.9 Å². The van der Waals surface area contributed by atoms with E-state index in [1.54, 1.807) is 0 Å². The SMILES string of the molecule is CC(=O)NC1C(O)[C@H](O[C@@H]2OC(CO)[C@H](O)C(O)C2O)C(CO)O[C@H]1O[C@@H]1C(O)[C@H](O[C@@H]2C(CO)OCC(O)C2O)OC(CO)[C@@H]1O. The highest BCUT2D eigenvalue weighted by atomic mass is 16.8. The number of aliphatic hydroxyl groups excluding tert-OH is 12. The number of ether oxygens (including phenoxy) is 7. The van der Waals surface area contributed by atoms with Gasteiger partial charge in [0.2, 0.25) is 5.91 Å². The number of amides is 1. The molecule has 4 heterocycles. The van der Waals surface area contributed by atoms with Gasteiger partial charge in [-0.1, -0.05) is 0 Å². The molecule has 13 N–H and O–H groups in total. The highest BCUT2D eigenvalue weighted by molar-refractivity contribution is 5.73. The molecule has 0 saturated carbocycles. The van der Waals surface area contributed by atoms with Crippen LogP contribution in [0.2, 0.25) is 0 Å². The molecular weight excluding hydrogens is 646 g/mol. The number of carbonyl (C=O) groups is 1. The molecule has 0 aromatic carbocycles. The summed E-state index contributed by atoms with van der Waals surface area (Å²) in [6, 6.07) is -1.58. The molecule has 0 radical (unpaired) electrons. The average molecular weight is 692 g/mol. The Hall–Kier alpha value is -1.29. The second-order valence-electron chi connectivity index (χ2n) is 11.8. The lowest BCUT2D eigenvalue weighted by Crippen LogP contribution is -2.69. The number of hydrogen-bond donors (Lipinski definition) is 13. The van der Waals surface area contributed by atoms with Crippen molar-refractivity contribution in [2.75, 3.05) is 33.0 Å².